The fraction of sp³-hybridized carbons (Fsp3) is 0.667. The first-order valence-corrected chi connectivity index (χ1v) is 3.75. The maximum Gasteiger partial charge on any atom is 0.419 e. The van der Waals surface area contributed by atoms with Crippen LogP contribution in [-0.2, 0) is 4.79 Å². The average Bonchev–Trinajstić information content (AvgIpc) is 2.24. The van der Waals surface area contributed by atoms with Gasteiger partial charge in [0.25, 0.3) is 0 Å². The van der Waals surface area contributed by atoms with E-state index in [9.17, 15) is 9.59 Å². The molecule has 2 saturated heterocycles. The molecule has 0 aliphatic carbocycles. The van der Waals surface area contributed by atoms with Crippen LogP contribution in [0.3, 0.4) is 0 Å². The zero-order valence-electron chi connectivity index (χ0n) is 6.28. The fourth-order valence-corrected chi connectivity index (χ4v) is 1.69. The van der Waals surface area contributed by atoms with Gasteiger partial charge in [-0.1, -0.05) is 0 Å². The van der Waals surface area contributed by atoms with Crippen LogP contribution in [0, 0.1) is 0 Å². The average molecular weight is 171 g/mol. The molecule has 3 N–H and O–H groups in total. The second kappa shape index (κ2) is 2.34. The van der Waals surface area contributed by atoms with Gasteiger partial charge in [0.1, 0.15) is 6.04 Å². The van der Waals surface area contributed by atoms with Gasteiger partial charge >= 0.3 is 6.09 Å². The number of hydrogen-bond acceptors (Lipinski definition) is 3. The third-order valence-corrected chi connectivity index (χ3v) is 2.23. The van der Waals surface area contributed by atoms with Gasteiger partial charge in [-0.05, 0) is 6.42 Å². The molecule has 2 amide bonds. The van der Waals surface area contributed by atoms with Crippen molar-refractivity contribution in [1.29, 1.82) is 0 Å². The maximum absolute atomic E-state index is 10.9. The van der Waals surface area contributed by atoms with Crippen molar-refractivity contribution in [3.63, 3.8) is 0 Å². The summed E-state index contributed by atoms with van der Waals surface area (Å²) in [4.78, 5) is 21.2. The summed E-state index contributed by atoms with van der Waals surface area (Å²) < 4.78 is 0. The van der Waals surface area contributed by atoms with E-state index in [2.05, 4.69) is 10.7 Å². The largest absolute Gasteiger partial charge is 0.464 e. The normalized spacial score (nSPS) is 33.5. The molecular weight excluding hydrogens is 162 g/mol. The Balaban J connectivity index is 1.99. The van der Waals surface area contributed by atoms with E-state index in [4.69, 9.17) is 5.11 Å². The first kappa shape index (κ1) is 7.35. The van der Waals surface area contributed by atoms with Gasteiger partial charge in [0.15, 0.2) is 0 Å². The Kier molecular flexibility index (Phi) is 1.44. The Labute approximate surface area is 68.5 Å². The molecule has 6 heteroatoms. The van der Waals surface area contributed by atoms with E-state index in [0.29, 0.717) is 6.54 Å². The molecule has 0 aromatic heterocycles. The van der Waals surface area contributed by atoms with Gasteiger partial charge in [-0.15, -0.1) is 0 Å². The number of fused-ring (bicyclic) bond motifs is 1. The van der Waals surface area contributed by atoms with Gasteiger partial charge < -0.3 is 10.4 Å². The Morgan fingerprint density at radius 3 is 3.08 bits per heavy atom. The van der Waals surface area contributed by atoms with E-state index in [-0.39, 0.29) is 18.0 Å². The minimum atomic E-state index is -1.12. The molecular formula is C6H9N3O3. The number of carbonyl (C=O) groups is 2. The van der Waals surface area contributed by atoms with Gasteiger partial charge in [0.05, 0.1) is 6.04 Å². The van der Waals surface area contributed by atoms with Gasteiger partial charge in [-0.3, -0.25) is 10.2 Å². The number of hydrogen-bond donors (Lipinski definition) is 3. The lowest BCUT2D eigenvalue weighted by atomic mass is 10.0. The Bertz CT molecular complexity index is 242. The highest BCUT2D eigenvalue weighted by Gasteiger charge is 2.48. The molecule has 0 saturated carbocycles. The quantitative estimate of drug-likeness (QED) is 0.430. The SMILES string of the molecule is O=C(O)NN1CC[C@H]2NC(=O)[C@H]21. The van der Waals surface area contributed by atoms with E-state index < -0.39 is 6.09 Å². The predicted molar refractivity (Wildman–Crippen MR) is 38.2 cm³/mol. The van der Waals surface area contributed by atoms with E-state index >= 15 is 0 Å². The van der Waals surface area contributed by atoms with Crippen molar-refractivity contribution < 1.29 is 14.7 Å². The van der Waals surface area contributed by atoms with Gasteiger partial charge in [-0.25, -0.2) is 9.80 Å². The molecule has 0 unspecified atom stereocenters. The van der Waals surface area contributed by atoms with Crippen LogP contribution < -0.4 is 10.7 Å². The second-order valence-electron chi connectivity index (χ2n) is 2.96. The van der Waals surface area contributed by atoms with Crippen molar-refractivity contribution in [2.24, 2.45) is 0 Å². The first-order valence-electron chi connectivity index (χ1n) is 3.75. The van der Waals surface area contributed by atoms with Crippen molar-refractivity contribution in [2.45, 2.75) is 18.5 Å². The third kappa shape index (κ3) is 0.918. The zero-order chi connectivity index (χ0) is 8.72. The minimum Gasteiger partial charge on any atom is -0.464 e. The van der Waals surface area contributed by atoms with Crippen LogP contribution in [0.2, 0.25) is 0 Å². The van der Waals surface area contributed by atoms with Crippen molar-refractivity contribution in [1.82, 2.24) is 15.8 Å². The summed E-state index contributed by atoms with van der Waals surface area (Å²) in [6, 6.07) is -0.134. The molecule has 0 spiro atoms. The van der Waals surface area contributed by atoms with Crippen LogP contribution in [-0.4, -0.2) is 40.7 Å². The monoisotopic (exact) mass is 171 g/mol. The lowest BCUT2D eigenvalue weighted by molar-refractivity contribution is -0.134. The molecule has 2 aliphatic rings. The first-order chi connectivity index (χ1) is 5.68. The molecule has 2 atom stereocenters. The smallest absolute Gasteiger partial charge is 0.419 e. The number of hydrazine groups is 1. The Morgan fingerprint density at radius 1 is 1.75 bits per heavy atom. The number of β-lactam (4-membered cyclic amide) rings is 1. The molecule has 6 nitrogen and oxygen atoms in total. The van der Waals surface area contributed by atoms with Crippen molar-refractivity contribution in [2.75, 3.05) is 6.54 Å². The molecule has 12 heavy (non-hydrogen) atoms. The number of carboxylic acid groups (broad SMARTS) is 1. The number of nitrogens with one attached hydrogen (secondary N) is 2. The zero-order valence-corrected chi connectivity index (χ0v) is 6.28. The van der Waals surface area contributed by atoms with Crippen LogP contribution in [0.25, 0.3) is 0 Å². The summed E-state index contributed by atoms with van der Waals surface area (Å²) in [6.45, 7) is 0.598. The van der Waals surface area contributed by atoms with Crippen molar-refractivity contribution in [3.8, 4) is 0 Å². The molecule has 0 aromatic carbocycles. The topological polar surface area (TPSA) is 81.7 Å². The van der Waals surface area contributed by atoms with Crippen LogP contribution in [0.15, 0.2) is 0 Å². The molecule has 2 rings (SSSR count). The van der Waals surface area contributed by atoms with E-state index in [1.54, 1.807) is 0 Å². The third-order valence-electron chi connectivity index (χ3n) is 2.23. The molecule has 0 radical (unpaired) electrons. The lowest BCUT2D eigenvalue weighted by Gasteiger charge is -2.34. The number of carbonyl (C=O) groups excluding carboxylic acids is 1. The fourth-order valence-electron chi connectivity index (χ4n) is 1.69. The summed E-state index contributed by atoms with van der Waals surface area (Å²) in [7, 11) is 0. The summed E-state index contributed by atoms with van der Waals surface area (Å²) in [5, 5.41) is 12.6. The highest BCUT2D eigenvalue weighted by molar-refractivity contribution is 5.90. The molecule has 2 heterocycles. The summed E-state index contributed by atoms with van der Waals surface area (Å²) in [5.41, 5.74) is 2.19. The molecule has 2 fully saturated rings. The molecule has 0 aromatic rings. The van der Waals surface area contributed by atoms with E-state index in [1.807, 2.05) is 0 Å². The van der Waals surface area contributed by atoms with Crippen LogP contribution in [0.4, 0.5) is 4.79 Å². The highest BCUT2D eigenvalue weighted by atomic mass is 16.4. The van der Waals surface area contributed by atoms with E-state index in [0.717, 1.165) is 6.42 Å². The lowest BCUT2D eigenvalue weighted by Crippen LogP contribution is -2.66. The predicted octanol–water partition coefficient (Wildman–Crippen LogP) is -1.26. The van der Waals surface area contributed by atoms with Crippen LogP contribution in [0.5, 0.6) is 0 Å². The number of nitrogens with zero attached hydrogens (tertiary/aromatic N) is 1. The summed E-state index contributed by atoms with van der Waals surface area (Å²) in [6.07, 6.45) is -0.299. The number of amides is 2. The molecule has 66 valence electrons. The molecule has 2 aliphatic heterocycles. The van der Waals surface area contributed by atoms with Gasteiger partial charge in [0.2, 0.25) is 5.91 Å². The van der Waals surface area contributed by atoms with Crippen molar-refractivity contribution >= 4 is 12.0 Å². The van der Waals surface area contributed by atoms with Gasteiger partial charge in [0, 0.05) is 6.54 Å². The van der Waals surface area contributed by atoms with Crippen molar-refractivity contribution in [3.05, 3.63) is 0 Å². The maximum atomic E-state index is 10.9. The standard InChI is InChI=1S/C6H9N3O3/c10-5-4-3(7-5)1-2-9(4)8-6(11)12/h3-4,8H,1-2H2,(H,7,10)(H,11,12)/t3-,4+/m1/s1. The summed E-state index contributed by atoms with van der Waals surface area (Å²) in [5.74, 6) is -0.0914. The Morgan fingerprint density at radius 2 is 2.50 bits per heavy atom. The minimum absolute atomic E-state index is 0.0914. The van der Waals surface area contributed by atoms with Crippen LogP contribution in [0.1, 0.15) is 6.42 Å². The molecule has 0 bridgehead atoms. The Hall–Kier alpha value is -1.30. The van der Waals surface area contributed by atoms with E-state index in [1.165, 1.54) is 5.01 Å². The number of rotatable bonds is 1. The summed E-state index contributed by atoms with van der Waals surface area (Å²) >= 11 is 0. The van der Waals surface area contributed by atoms with Gasteiger partial charge in [-0.2, -0.15) is 0 Å². The highest BCUT2D eigenvalue weighted by Crippen LogP contribution is 2.22. The second-order valence-corrected chi connectivity index (χ2v) is 2.96. The van der Waals surface area contributed by atoms with Crippen LogP contribution >= 0.6 is 0 Å².